The fraction of sp³-hybridized carbons (Fsp3) is 0.125. The highest BCUT2D eigenvalue weighted by atomic mass is 16.1. The first-order valence-electron chi connectivity index (χ1n) is 7.05. The van der Waals surface area contributed by atoms with E-state index >= 15 is 0 Å². The number of hydrogen-bond donors (Lipinski definition) is 2. The third kappa shape index (κ3) is 2.82. The largest absolute Gasteiger partial charge is 0.368 e. The normalized spacial score (nSPS) is 10.7. The molecule has 0 aliphatic carbocycles. The summed E-state index contributed by atoms with van der Waals surface area (Å²) in [4.78, 5) is 24.6. The van der Waals surface area contributed by atoms with Crippen molar-refractivity contribution in [3.63, 3.8) is 0 Å². The van der Waals surface area contributed by atoms with Gasteiger partial charge in [-0.2, -0.15) is 0 Å². The molecule has 3 heterocycles. The summed E-state index contributed by atoms with van der Waals surface area (Å²) in [7, 11) is 1.69. The first kappa shape index (κ1) is 14.9. The quantitative estimate of drug-likeness (QED) is 0.744. The van der Waals surface area contributed by atoms with Crippen LogP contribution in [0.4, 0.5) is 5.95 Å². The molecule has 0 radical (unpaired) electrons. The molecule has 7 nitrogen and oxygen atoms in total. The van der Waals surface area contributed by atoms with Gasteiger partial charge in [-0.05, 0) is 18.2 Å². The summed E-state index contributed by atoms with van der Waals surface area (Å²) < 4.78 is 1.49. The number of nitrogens with two attached hydrogens (primary N) is 2. The van der Waals surface area contributed by atoms with Gasteiger partial charge in [0.1, 0.15) is 5.69 Å². The van der Waals surface area contributed by atoms with Gasteiger partial charge < -0.3 is 16.0 Å². The van der Waals surface area contributed by atoms with E-state index in [9.17, 15) is 4.79 Å². The average Bonchev–Trinajstić information content (AvgIpc) is 2.57. The number of aromatic nitrogens is 4. The Labute approximate surface area is 132 Å². The van der Waals surface area contributed by atoms with Crippen molar-refractivity contribution in [2.75, 3.05) is 5.73 Å². The minimum Gasteiger partial charge on any atom is -0.368 e. The summed E-state index contributed by atoms with van der Waals surface area (Å²) in [5.74, 6) is 0.139. The molecule has 0 aromatic carbocycles. The van der Waals surface area contributed by atoms with Gasteiger partial charge in [0.05, 0.1) is 11.4 Å². The summed E-state index contributed by atoms with van der Waals surface area (Å²) >= 11 is 0. The highest BCUT2D eigenvalue weighted by Crippen LogP contribution is 2.31. The van der Waals surface area contributed by atoms with Crippen LogP contribution < -0.4 is 17.0 Å². The zero-order valence-electron chi connectivity index (χ0n) is 12.6. The molecular formula is C16H16N6O. The minimum atomic E-state index is -0.0983. The Morgan fingerprint density at radius 1 is 1.17 bits per heavy atom. The number of pyridine rings is 2. The van der Waals surface area contributed by atoms with Crippen molar-refractivity contribution in [3.05, 3.63) is 58.8 Å². The maximum Gasteiger partial charge on any atom is 0.250 e. The molecule has 4 N–H and O–H groups in total. The SMILES string of the molecule is Cn1cc(-c2c(CN)nc(N)nc2-c2ccccn2)ccc1=O. The molecule has 0 bridgehead atoms. The second kappa shape index (κ2) is 5.98. The van der Waals surface area contributed by atoms with E-state index in [1.807, 2.05) is 18.2 Å². The van der Waals surface area contributed by atoms with Gasteiger partial charge in [-0.3, -0.25) is 9.78 Å². The van der Waals surface area contributed by atoms with E-state index in [0.717, 1.165) is 11.1 Å². The minimum absolute atomic E-state index is 0.0983. The van der Waals surface area contributed by atoms with E-state index in [2.05, 4.69) is 15.0 Å². The molecule has 23 heavy (non-hydrogen) atoms. The molecule has 0 fully saturated rings. The zero-order valence-corrected chi connectivity index (χ0v) is 12.6. The Morgan fingerprint density at radius 3 is 2.65 bits per heavy atom. The van der Waals surface area contributed by atoms with Crippen molar-refractivity contribution in [1.82, 2.24) is 19.5 Å². The summed E-state index contributed by atoms with van der Waals surface area (Å²) in [5.41, 5.74) is 14.9. The predicted molar refractivity (Wildman–Crippen MR) is 88.2 cm³/mol. The van der Waals surface area contributed by atoms with Crippen molar-refractivity contribution in [1.29, 1.82) is 0 Å². The third-order valence-electron chi connectivity index (χ3n) is 3.48. The molecule has 0 saturated carbocycles. The van der Waals surface area contributed by atoms with Gasteiger partial charge in [-0.25, -0.2) is 9.97 Å². The van der Waals surface area contributed by atoms with Gasteiger partial charge >= 0.3 is 0 Å². The van der Waals surface area contributed by atoms with Crippen LogP contribution in [0.3, 0.4) is 0 Å². The van der Waals surface area contributed by atoms with E-state index in [-0.39, 0.29) is 18.1 Å². The van der Waals surface area contributed by atoms with Gasteiger partial charge in [0.2, 0.25) is 11.5 Å². The van der Waals surface area contributed by atoms with E-state index < -0.39 is 0 Å². The summed E-state index contributed by atoms with van der Waals surface area (Å²) in [6, 6.07) is 8.75. The second-order valence-electron chi connectivity index (χ2n) is 5.04. The van der Waals surface area contributed by atoms with Gasteiger partial charge in [-0.1, -0.05) is 6.07 Å². The van der Waals surface area contributed by atoms with Crippen LogP contribution in [0.2, 0.25) is 0 Å². The Hall–Kier alpha value is -3.06. The molecule has 0 saturated heterocycles. The Morgan fingerprint density at radius 2 is 2.00 bits per heavy atom. The molecule has 3 rings (SSSR count). The Bertz CT molecular complexity index is 904. The van der Waals surface area contributed by atoms with Crippen LogP contribution >= 0.6 is 0 Å². The third-order valence-corrected chi connectivity index (χ3v) is 3.48. The fourth-order valence-electron chi connectivity index (χ4n) is 2.41. The van der Waals surface area contributed by atoms with Crippen LogP contribution in [-0.4, -0.2) is 19.5 Å². The highest BCUT2D eigenvalue weighted by molar-refractivity contribution is 5.81. The average molecular weight is 308 g/mol. The lowest BCUT2D eigenvalue weighted by atomic mass is 10.0. The molecule has 3 aromatic heterocycles. The molecular weight excluding hydrogens is 292 g/mol. The van der Waals surface area contributed by atoms with Crippen molar-refractivity contribution in [2.24, 2.45) is 12.8 Å². The van der Waals surface area contributed by atoms with Crippen molar-refractivity contribution < 1.29 is 0 Å². The van der Waals surface area contributed by atoms with Crippen LogP contribution in [0.1, 0.15) is 5.69 Å². The molecule has 0 unspecified atom stereocenters. The van der Waals surface area contributed by atoms with Gasteiger partial charge in [0, 0.05) is 43.2 Å². The lowest BCUT2D eigenvalue weighted by Crippen LogP contribution is -2.15. The van der Waals surface area contributed by atoms with Crippen LogP contribution in [0.25, 0.3) is 22.5 Å². The molecule has 0 spiro atoms. The number of nitrogen functional groups attached to an aromatic ring is 1. The molecule has 0 atom stereocenters. The molecule has 0 aliphatic rings. The van der Waals surface area contributed by atoms with Gasteiger partial charge in [-0.15, -0.1) is 0 Å². The van der Waals surface area contributed by atoms with Gasteiger partial charge in [0.15, 0.2) is 0 Å². The molecule has 116 valence electrons. The number of hydrogen-bond acceptors (Lipinski definition) is 6. The first-order valence-corrected chi connectivity index (χ1v) is 7.05. The fourth-order valence-corrected chi connectivity index (χ4v) is 2.41. The highest BCUT2D eigenvalue weighted by Gasteiger charge is 2.17. The maximum atomic E-state index is 11.6. The molecule has 0 aliphatic heterocycles. The summed E-state index contributed by atoms with van der Waals surface area (Å²) in [6.45, 7) is 0.199. The van der Waals surface area contributed by atoms with Crippen LogP contribution in [-0.2, 0) is 13.6 Å². The van der Waals surface area contributed by atoms with Crippen LogP contribution in [0, 0.1) is 0 Å². The van der Waals surface area contributed by atoms with Crippen molar-refractivity contribution >= 4 is 5.95 Å². The topological polar surface area (TPSA) is 113 Å². The van der Waals surface area contributed by atoms with E-state index in [1.165, 1.54) is 10.6 Å². The standard InChI is InChI=1S/C16H16N6O/c1-22-9-10(5-6-13(22)23)14-12(8-17)20-16(18)21-15(14)11-4-2-3-7-19-11/h2-7,9H,8,17H2,1H3,(H2,18,20,21). The number of rotatable bonds is 3. The maximum absolute atomic E-state index is 11.6. The second-order valence-corrected chi connectivity index (χ2v) is 5.04. The van der Waals surface area contributed by atoms with Crippen LogP contribution in [0.5, 0.6) is 0 Å². The van der Waals surface area contributed by atoms with Gasteiger partial charge in [0.25, 0.3) is 0 Å². The van der Waals surface area contributed by atoms with E-state index in [1.54, 1.807) is 25.5 Å². The molecule has 7 heteroatoms. The Balaban J connectivity index is 2.33. The van der Waals surface area contributed by atoms with Crippen molar-refractivity contribution in [2.45, 2.75) is 6.54 Å². The number of nitrogens with zero attached hydrogens (tertiary/aromatic N) is 4. The molecule has 0 amide bonds. The van der Waals surface area contributed by atoms with Crippen molar-refractivity contribution in [3.8, 4) is 22.5 Å². The smallest absolute Gasteiger partial charge is 0.250 e. The van der Waals surface area contributed by atoms with E-state index in [4.69, 9.17) is 11.5 Å². The van der Waals surface area contributed by atoms with E-state index in [0.29, 0.717) is 17.1 Å². The Kier molecular flexibility index (Phi) is 3.86. The zero-order chi connectivity index (χ0) is 16.4. The van der Waals surface area contributed by atoms with Crippen LogP contribution in [0.15, 0.2) is 47.5 Å². The monoisotopic (exact) mass is 308 g/mol. The molecule has 3 aromatic rings. The number of anilines is 1. The first-order chi connectivity index (χ1) is 11.1. The summed E-state index contributed by atoms with van der Waals surface area (Å²) in [6.07, 6.45) is 3.41. The lowest BCUT2D eigenvalue weighted by Gasteiger charge is -2.14. The number of aryl methyl sites for hydroxylation is 1. The lowest BCUT2D eigenvalue weighted by molar-refractivity contribution is 0.860. The summed E-state index contributed by atoms with van der Waals surface area (Å²) in [5, 5.41) is 0. The predicted octanol–water partition coefficient (Wildman–Crippen LogP) is 0.945.